The highest BCUT2D eigenvalue weighted by atomic mass is 127. The molecule has 3 rings (SSSR count). The van der Waals surface area contributed by atoms with Gasteiger partial charge in [0.25, 0.3) is 0 Å². The van der Waals surface area contributed by atoms with Crippen molar-refractivity contribution >= 4 is 41.5 Å². The number of nitrogens with zero attached hydrogens (tertiary/aromatic N) is 3. The average molecular weight is 488 g/mol. The van der Waals surface area contributed by atoms with Crippen molar-refractivity contribution in [3.8, 4) is 11.4 Å². The number of aromatic nitrogens is 2. The van der Waals surface area contributed by atoms with E-state index < -0.39 is 0 Å². The fraction of sp³-hybridized carbons (Fsp3) is 0.389. The SMILES string of the molecule is CCNC(=NCCc1nc(-c2ccc(Cl)cc2)no1)NC1CC=CC1.I. The smallest absolute Gasteiger partial charge is 0.228 e. The Bertz CT molecular complexity index is 736. The predicted octanol–water partition coefficient (Wildman–Crippen LogP) is 3.82. The maximum absolute atomic E-state index is 5.89. The molecule has 1 aliphatic carbocycles. The molecule has 0 atom stereocenters. The summed E-state index contributed by atoms with van der Waals surface area (Å²) in [5, 5.41) is 11.4. The molecular weight excluding hydrogens is 465 g/mol. The minimum atomic E-state index is 0. The van der Waals surface area contributed by atoms with E-state index >= 15 is 0 Å². The van der Waals surface area contributed by atoms with E-state index in [1.165, 1.54) is 0 Å². The second-order valence-electron chi connectivity index (χ2n) is 5.81. The molecule has 8 heteroatoms. The zero-order chi connectivity index (χ0) is 17.5. The lowest BCUT2D eigenvalue weighted by atomic mass is 10.2. The lowest BCUT2D eigenvalue weighted by Gasteiger charge is -2.16. The van der Waals surface area contributed by atoms with Gasteiger partial charge in [0.2, 0.25) is 11.7 Å². The van der Waals surface area contributed by atoms with Crippen LogP contribution in [0.5, 0.6) is 0 Å². The largest absolute Gasteiger partial charge is 0.357 e. The van der Waals surface area contributed by atoms with Crippen molar-refractivity contribution in [3.63, 3.8) is 0 Å². The molecule has 0 spiro atoms. The minimum Gasteiger partial charge on any atom is -0.357 e. The van der Waals surface area contributed by atoms with Gasteiger partial charge in [0.1, 0.15) is 0 Å². The van der Waals surface area contributed by atoms with E-state index in [9.17, 15) is 0 Å². The lowest BCUT2D eigenvalue weighted by molar-refractivity contribution is 0.380. The predicted molar refractivity (Wildman–Crippen MR) is 115 cm³/mol. The first-order valence-corrected chi connectivity index (χ1v) is 8.90. The van der Waals surface area contributed by atoms with Crippen molar-refractivity contribution in [2.24, 2.45) is 4.99 Å². The summed E-state index contributed by atoms with van der Waals surface area (Å²) in [6, 6.07) is 7.79. The zero-order valence-electron chi connectivity index (χ0n) is 14.6. The van der Waals surface area contributed by atoms with Crippen LogP contribution in [0.4, 0.5) is 0 Å². The highest BCUT2D eigenvalue weighted by Crippen LogP contribution is 2.18. The molecule has 0 radical (unpaired) electrons. The summed E-state index contributed by atoms with van der Waals surface area (Å²) in [6.07, 6.45) is 7.06. The third-order valence-electron chi connectivity index (χ3n) is 3.86. The Hall–Kier alpha value is -1.61. The minimum absolute atomic E-state index is 0. The molecule has 1 heterocycles. The number of hydrogen-bond acceptors (Lipinski definition) is 4. The van der Waals surface area contributed by atoms with Crippen molar-refractivity contribution in [1.82, 2.24) is 20.8 Å². The molecule has 6 nitrogen and oxygen atoms in total. The van der Waals surface area contributed by atoms with Crippen LogP contribution in [0.15, 0.2) is 45.9 Å². The Morgan fingerprint density at radius 3 is 2.69 bits per heavy atom. The molecular formula is C18H23ClIN5O. The molecule has 1 aromatic carbocycles. The Morgan fingerprint density at radius 1 is 1.27 bits per heavy atom. The van der Waals surface area contributed by atoms with Gasteiger partial charge in [-0.15, -0.1) is 24.0 Å². The average Bonchev–Trinajstić information content (AvgIpc) is 3.28. The van der Waals surface area contributed by atoms with Crippen LogP contribution in [-0.2, 0) is 6.42 Å². The van der Waals surface area contributed by atoms with Crippen LogP contribution in [0.2, 0.25) is 5.02 Å². The van der Waals surface area contributed by atoms with Gasteiger partial charge >= 0.3 is 0 Å². The van der Waals surface area contributed by atoms with Gasteiger partial charge in [0, 0.05) is 29.6 Å². The van der Waals surface area contributed by atoms with Crippen LogP contribution >= 0.6 is 35.6 Å². The van der Waals surface area contributed by atoms with Crippen LogP contribution in [0.3, 0.4) is 0 Å². The van der Waals surface area contributed by atoms with Crippen molar-refractivity contribution in [2.45, 2.75) is 32.2 Å². The second-order valence-corrected chi connectivity index (χ2v) is 6.25. The number of guanidine groups is 1. The molecule has 26 heavy (non-hydrogen) atoms. The van der Waals surface area contributed by atoms with Crippen molar-refractivity contribution in [2.75, 3.05) is 13.1 Å². The van der Waals surface area contributed by atoms with Gasteiger partial charge < -0.3 is 15.2 Å². The van der Waals surface area contributed by atoms with Crippen LogP contribution in [0.25, 0.3) is 11.4 Å². The first-order valence-electron chi connectivity index (χ1n) is 8.53. The molecule has 0 bridgehead atoms. The highest BCUT2D eigenvalue weighted by molar-refractivity contribution is 14.0. The topological polar surface area (TPSA) is 75.3 Å². The van der Waals surface area contributed by atoms with Gasteiger partial charge in [-0.1, -0.05) is 28.9 Å². The quantitative estimate of drug-likeness (QED) is 0.280. The van der Waals surface area contributed by atoms with E-state index in [1.807, 2.05) is 24.3 Å². The van der Waals surface area contributed by atoms with E-state index in [1.54, 1.807) is 0 Å². The lowest BCUT2D eigenvalue weighted by Crippen LogP contribution is -2.42. The Kier molecular flexibility index (Phi) is 8.37. The normalized spacial score (nSPS) is 14.3. The van der Waals surface area contributed by atoms with Gasteiger partial charge in [-0.25, -0.2) is 0 Å². The molecule has 140 valence electrons. The Balaban J connectivity index is 0.00000243. The summed E-state index contributed by atoms with van der Waals surface area (Å²) in [7, 11) is 0. The zero-order valence-corrected chi connectivity index (χ0v) is 17.7. The molecule has 0 unspecified atom stereocenters. The molecule has 2 N–H and O–H groups in total. The van der Waals surface area contributed by atoms with Gasteiger partial charge in [0.05, 0.1) is 6.54 Å². The molecule has 0 saturated carbocycles. The third-order valence-corrected chi connectivity index (χ3v) is 4.11. The van der Waals surface area contributed by atoms with Crippen molar-refractivity contribution in [3.05, 3.63) is 47.3 Å². The van der Waals surface area contributed by atoms with Crippen LogP contribution < -0.4 is 10.6 Å². The van der Waals surface area contributed by atoms with Crippen LogP contribution in [-0.4, -0.2) is 35.2 Å². The molecule has 0 amide bonds. The fourth-order valence-corrected chi connectivity index (χ4v) is 2.71. The molecule has 0 saturated heterocycles. The summed E-state index contributed by atoms with van der Waals surface area (Å²) in [5.74, 6) is 1.97. The van der Waals surface area contributed by atoms with Crippen molar-refractivity contribution < 1.29 is 4.52 Å². The van der Waals surface area contributed by atoms with Crippen LogP contribution in [0, 0.1) is 0 Å². The maximum atomic E-state index is 5.89. The standard InChI is InChI=1S/C18H22ClN5O.HI/c1-2-20-18(22-15-5-3-4-6-15)21-12-11-16-23-17(24-25-16)13-7-9-14(19)10-8-13;/h3-4,7-10,15H,2,5-6,11-12H2,1H3,(H2,20,21,22);1H. The number of benzene rings is 1. The maximum Gasteiger partial charge on any atom is 0.228 e. The van der Waals surface area contributed by atoms with Gasteiger partial charge in [0.15, 0.2) is 5.96 Å². The fourth-order valence-electron chi connectivity index (χ4n) is 2.58. The molecule has 0 aliphatic heterocycles. The van der Waals surface area contributed by atoms with E-state index in [4.69, 9.17) is 16.1 Å². The van der Waals surface area contributed by atoms with E-state index in [0.717, 1.165) is 30.9 Å². The number of aliphatic imine (C=N–C) groups is 1. The van der Waals surface area contributed by atoms with E-state index in [2.05, 4.69) is 44.8 Å². The first kappa shape index (κ1) is 20.7. The van der Waals surface area contributed by atoms with E-state index in [-0.39, 0.29) is 24.0 Å². The number of hydrogen-bond donors (Lipinski definition) is 2. The summed E-state index contributed by atoms with van der Waals surface area (Å²) in [6.45, 7) is 3.46. The Labute approximate surface area is 175 Å². The van der Waals surface area contributed by atoms with Gasteiger partial charge in [-0.3, -0.25) is 4.99 Å². The molecule has 0 fully saturated rings. The monoisotopic (exact) mass is 487 g/mol. The highest BCUT2D eigenvalue weighted by Gasteiger charge is 2.12. The molecule has 2 aromatic rings. The van der Waals surface area contributed by atoms with Crippen molar-refractivity contribution in [1.29, 1.82) is 0 Å². The van der Waals surface area contributed by atoms with Gasteiger partial charge in [-0.2, -0.15) is 4.98 Å². The number of rotatable bonds is 6. The first-order chi connectivity index (χ1) is 12.2. The summed E-state index contributed by atoms with van der Waals surface area (Å²) < 4.78 is 5.31. The second kappa shape index (κ2) is 10.5. The number of halogens is 2. The Morgan fingerprint density at radius 2 is 2.00 bits per heavy atom. The summed E-state index contributed by atoms with van der Waals surface area (Å²) in [5.41, 5.74) is 0.881. The third kappa shape index (κ3) is 5.98. The molecule has 1 aromatic heterocycles. The van der Waals surface area contributed by atoms with Gasteiger partial charge in [-0.05, 0) is 44.0 Å². The summed E-state index contributed by atoms with van der Waals surface area (Å²) >= 11 is 5.89. The number of nitrogens with one attached hydrogen (secondary N) is 2. The summed E-state index contributed by atoms with van der Waals surface area (Å²) in [4.78, 5) is 9.00. The van der Waals surface area contributed by atoms with Crippen LogP contribution in [0.1, 0.15) is 25.7 Å². The molecule has 1 aliphatic rings. The van der Waals surface area contributed by atoms with E-state index in [0.29, 0.717) is 35.7 Å².